The topological polar surface area (TPSA) is 38.3 Å². The Morgan fingerprint density at radius 1 is 0.926 bits per heavy atom. The maximum Gasteiger partial charge on any atom is 0.220 e. The summed E-state index contributed by atoms with van der Waals surface area (Å²) < 4.78 is 5.73. The first-order valence-corrected chi connectivity index (χ1v) is 11.1. The van der Waals surface area contributed by atoms with Crippen molar-refractivity contribution in [2.45, 2.75) is 82.8 Å². The van der Waals surface area contributed by atoms with Crippen LogP contribution in [-0.4, -0.2) is 18.1 Å². The fourth-order valence-electron chi connectivity index (χ4n) is 6.23. The Bertz CT molecular complexity index is 577. The molecule has 0 unspecified atom stereocenters. The van der Waals surface area contributed by atoms with Crippen molar-refractivity contribution in [3.05, 3.63) is 35.9 Å². The molecule has 1 aromatic carbocycles. The predicted molar refractivity (Wildman–Crippen MR) is 108 cm³/mol. The van der Waals surface area contributed by atoms with Crippen molar-refractivity contribution >= 4 is 5.91 Å². The fraction of sp³-hybridized carbons (Fsp3) is 0.708. The number of unbranched alkanes of at least 4 members (excludes halogenated alkanes) is 3. The zero-order valence-corrected chi connectivity index (χ0v) is 16.6. The highest BCUT2D eigenvalue weighted by molar-refractivity contribution is 5.76. The number of hydrogen-bond acceptors (Lipinski definition) is 2. The second kappa shape index (κ2) is 8.77. The molecule has 0 aliphatic heterocycles. The molecule has 3 nitrogen and oxygen atoms in total. The Kier molecular flexibility index (Phi) is 6.17. The molecule has 0 heterocycles. The molecule has 4 aliphatic rings. The minimum Gasteiger partial charge on any atom is -0.377 e. The first kappa shape index (κ1) is 19.0. The summed E-state index contributed by atoms with van der Waals surface area (Å²) in [4.78, 5) is 12.5. The normalized spacial score (nSPS) is 31.2. The van der Waals surface area contributed by atoms with Crippen molar-refractivity contribution in [3.63, 3.8) is 0 Å². The third-order valence-corrected chi connectivity index (χ3v) is 7.00. The predicted octanol–water partition coefficient (Wildman–Crippen LogP) is 5.24. The molecule has 4 saturated carbocycles. The Morgan fingerprint density at radius 2 is 1.56 bits per heavy atom. The fourth-order valence-corrected chi connectivity index (χ4v) is 6.23. The zero-order valence-electron chi connectivity index (χ0n) is 16.6. The van der Waals surface area contributed by atoms with Crippen LogP contribution < -0.4 is 5.32 Å². The van der Waals surface area contributed by atoms with Crippen molar-refractivity contribution in [1.29, 1.82) is 0 Å². The van der Waals surface area contributed by atoms with Gasteiger partial charge in [0.1, 0.15) is 0 Å². The van der Waals surface area contributed by atoms with Crippen molar-refractivity contribution in [3.8, 4) is 0 Å². The molecule has 1 amide bonds. The number of amides is 1. The number of carbonyl (C=O) groups excluding carboxylic acids is 1. The van der Waals surface area contributed by atoms with Gasteiger partial charge in [-0.05, 0) is 74.7 Å². The molecule has 0 saturated heterocycles. The number of carbonyl (C=O) groups is 1. The van der Waals surface area contributed by atoms with E-state index in [9.17, 15) is 4.79 Å². The number of benzene rings is 1. The smallest absolute Gasteiger partial charge is 0.220 e. The molecule has 0 spiro atoms. The van der Waals surface area contributed by atoms with Crippen molar-refractivity contribution in [2.75, 3.05) is 6.61 Å². The van der Waals surface area contributed by atoms with Crippen LogP contribution in [0.3, 0.4) is 0 Å². The lowest BCUT2D eigenvalue weighted by atomic mass is 9.53. The lowest BCUT2D eigenvalue weighted by molar-refractivity contribution is -0.127. The van der Waals surface area contributed by atoms with Gasteiger partial charge in [-0.2, -0.15) is 0 Å². The number of hydrogen-bond donors (Lipinski definition) is 1. The molecule has 4 bridgehead atoms. The third kappa shape index (κ3) is 5.13. The highest BCUT2D eigenvalue weighted by atomic mass is 16.5. The third-order valence-electron chi connectivity index (χ3n) is 7.00. The summed E-state index contributed by atoms with van der Waals surface area (Å²) in [6, 6.07) is 10.3. The Balaban J connectivity index is 1.06. The maximum atomic E-state index is 12.5. The van der Waals surface area contributed by atoms with E-state index < -0.39 is 0 Å². The SMILES string of the molecule is O=C(CCCCCCOCc1ccccc1)NC12CC3CC(CC(C3)C1)C2. The van der Waals surface area contributed by atoms with Gasteiger partial charge in [0.05, 0.1) is 6.61 Å². The first-order chi connectivity index (χ1) is 13.2. The highest BCUT2D eigenvalue weighted by Crippen LogP contribution is 2.55. The highest BCUT2D eigenvalue weighted by Gasteiger charge is 2.51. The molecule has 1 N–H and O–H groups in total. The molecule has 148 valence electrons. The summed E-state index contributed by atoms with van der Waals surface area (Å²) in [5.41, 5.74) is 1.41. The molecular weight excluding hydrogens is 334 g/mol. The molecule has 4 fully saturated rings. The molecule has 3 heteroatoms. The van der Waals surface area contributed by atoms with E-state index in [0.29, 0.717) is 18.9 Å². The summed E-state index contributed by atoms with van der Waals surface area (Å²) in [5.74, 6) is 2.99. The van der Waals surface area contributed by atoms with E-state index in [0.717, 1.165) is 50.0 Å². The first-order valence-electron chi connectivity index (χ1n) is 11.1. The summed E-state index contributed by atoms with van der Waals surface area (Å²) in [5, 5.41) is 3.49. The number of nitrogens with one attached hydrogen (secondary N) is 1. The molecule has 4 aliphatic carbocycles. The Hall–Kier alpha value is -1.35. The molecule has 5 rings (SSSR count). The van der Waals surface area contributed by atoms with Crippen LogP contribution in [0, 0.1) is 17.8 Å². The Morgan fingerprint density at radius 3 is 2.22 bits per heavy atom. The van der Waals surface area contributed by atoms with Crippen LogP contribution in [0.5, 0.6) is 0 Å². The monoisotopic (exact) mass is 369 g/mol. The minimum atomic E-state index is 0.178. The van der Waals surface area contributed by atoms with Gasteiger partial charge < -0.3 is 10.1 Å². The van der Waals surface area contributed by atoms with Gasteiger partial charge in [0.25, 0.3) is 0 Å². The molecule has 27 heavy (non-hydrogen) atoms. The maximum absolute atomic E-state index is 12.5. The summed E-state index contributed by atoms with van der Waals surface area (Å²) in [6.07, 6.45) is 13.1. The average Bonchev–Trinajstić information content (AvgIpc) is 2.63. The lowest BCUT2D eigenvalue weighted by Gasteiger charge is -2.56. The van der Waals surface area contributed by atoms with E-state index in [1.807, 2.05) is 18.2 Å². The quantitative estimate of drug-likeness (QED) is 0.573. The van der Waals surface area contributed by atoms with Gasteiger partial charge in [-0.1, -0.05) is 43.2 Å². The molecule has 0 aromatic heterocycles. The van der Waals surface area contributed by atoms with E-state index in [4.69, 9.17) is 4.74 Å². The van der Waals surface area contributed by atoms with E-state index in [-0.39, 0.29) is 5.54 Å². The van der Waals surface area contributed by atoms with Crippen LogP contribution in [0.2, 0.25) is 0 Å². The molecule has 0 atom stereocenters. The van der Waals surface area contributed by atoms with Crippen molar-refractivity contribution in [1.82, 2.24) is 5.32 Å². The number of ether oxygens (including phenoxy) is 1. The van der Waals surface area contributed by atoms with E-state index in [1.165, 1.54) is 44.1 Å². The summed E-state index contributed by atoms with van der Waals surface area (Å²) in [6.45, 7) is 1.52. The van der Waals surface area contributed by atoms with Crippen molar-refractivity contribution < 1.29 is 9.53 Å². The van der Waals surface area contributed by atoms with Gasteiger partial charge in [0.15, 0.2) is 0 Å². The van der Waals surface area contributed by atoms with Crippen LogP contribution >= 0.6 is 0 Å². The van der Waals surface area contributed by atoms with E-state index in [1.54, 1.807) is 0 Å². The van der Waals surface area contributed by atoms with Crippen LogP contribution in [0.25, 0.3) is 0 Å². The lowest BCUT2D eigenvalue weighted by Crippen LogP contribution is -2.59. The molecule has 1 aromatic rings. The largest absolute Gasteiger partial charge is 0.377 e. The Labute approximate surface area is 164 Å². The molecular formula is C24H35NO2. The van der Waals surface area contributed by atoms with Gasteiger partial charge in [-0.3, -0.25) is 4.79 Å². The van der Waals surface area contributed by atoms with Crippen molar-refractivity contribution in [2.24, 2.45) is 17.8 Å². The number of rotatable bonds is 10. The molecule has 0 radical (unpaired) electrons. The summed E-state index contributed by atoms with van der Waals surface area (Å²) >= 11 is 0. The zero-order chi connectivity index (χ0) is 18.5. The van der Waals surface area contributed by atoms with Crippen LogP contribution in [0.1, 0.15) is 76.2 Å². The van der Waals surface area contributed by atoms with Gasteiger partial charge in [-0.15, -0.1) is 0 Å². The van der Waals surface area contributed by atoms with Gasteiger partial charge in [0.2, 0.25) is 5.91 Å². The van der Waals surface area contributed by atoms with Gasteiger partial charge in [-0.25, -0.2) is 0 Å². The second-order valence-corrected chi connectivity index (χ2v) is 9.45. The van der Waals surface area contributed by atoms with E-state index >= 15 is 0 Å². The minimum absolute atomic E-state index is 0.178. The van der Waals surface area contributed by atoms with Crippen LogP contribution in [0.15, 0.2) is 30.3 Å². The standard InChI is InChI=1S/C24H35NO2/c26-23(25-24-15-20-12-21(16-24)14-22(13-20)17-24)10-6-1-2-7-11-27-18-19-8-4-3-5-9-19/h3-5,8-9,20-22H,1-2,6-7,10-18H2,(H,25,26). The van der Waals surface area contributed by atoms with Crippen LogP contribution in [-0.2, 0) is 16.1 Å². The van der Waals surface area contributed by atoms with Gasteiger partial charge >= 0.3 is 0 Å². The summed E-state index contributed by atoms with van der Waals surface area (Å²) in [7, 11) is 0. The van der Waals surface area contributed by atoms with Crippen LogP contribution in [0.4, 0.5) is 0 Å². The second-order valence-electron chi connectivity index (χ2n) is 9.45. The van der Waals surface area contributed by atoms with E-state index in [2.05, 4.69) is 17.4 Å². The van der Waals surface area contributed by atoms with Gasteiger partial charge in [0, 0.05) is 18.6 Å². The average molecular weight is 370 g/mol.